The molecule has 5 N–H and O–H groups in total. The summed E-state index contributed by atoms with van der Waals surface area (Å²) >= 11 is 0. The minimum Gasteiger partial charge on any atom is -0.494 e. The molecule has 2 aromatic rings. The fourth-order valence-corrected chi connectivity index (χ4v) is 1.77. The second-order valence-electron chi connectivity index (χ2n) is 4.44. The van der Waals surface area contributed by atoms with Crippen LogP contribution in [-0.4, -0.2) is 26.9 Å². The summed E-state index contributed by atoms with van der Waals surface area (Å²) in [6.07, 6.45) is 0.847. The van der Waals surface area contributed by atoms with Gasteiger partial charge in [-0.15, -0.1) is 0 Å². The van der Waals surface area contributed by atoms with Crippen LogP contribution in [0.4, 0.5) is 9.18 Å². The molecule has 9 nitrogen and oxygen atoms in total. The standard InChI is InChI=1S/C13H12FN5O4/c14-8-3-1-7(2-4-8)6-19-11(21)9(5-16-18-12(15)22)10(20)17-13(19)23/h1-5,21H,6H2,(H3,15,18,22)(H,17,20,23). The molecular weight excluding hydrogens is 309 g/mol. The number of aromatic nitrogens is 2. The zero-order valence-corrected chi connectivity index (χ0v) is 11.6. The van der Waals surface area contributed by atoms with Gasteiger partial charge in [-0.25, -0.2) is 19.4 Å². The fourth-order valence-electron chi connectivity index (χ4n) is 1.77. The van der Waals surface area contributed by atoms with Crippen molar-refractivity contribution in [2.24, 2.45) is 10.8 Å². The highest BCUT2D eigenvalue weighted by atomic mass is 19.1. The van der Waals surface area contributed by atoms with Crippen LogP contribution in [-0.2, 0) is 6.54 Å². The highest BCUT2D eigenvalue weighted by Gasteiger charge is 2.13. The molecule has 0 saturated heterocycles. The van der Waals surface area contributed by atoms with Gasteiger partial charge in [0.2, 0.25) is 5.88 Å². The number of hydrogen-bond donors (Lipinski definition) is 4. The lowest BCUT2D eigenvalue weighted by Gasteiger charge is -2.09. The smallest absolute Gasteiger partial charge is 0.332 e. The van der Waals surface area contributed by atoms with Crippen LogP contribution in [0.2, 0.25) is 0 Å². The maximum absolute atomic E-state index is 12.9. The Morgan fingerprint density at radius 1 is 1.39 bits per heavy atom. The summed E-state index contributed by atoms with van der Waals surface area (Å²) in [4.78, 5) is 36.0. The number of carbonyl (C=O) groups is 1. The molecule has 23 heavy (non-hydrogen) atoms. The number of hydrogen-bond acceptors (Lipinski definition) is 5. The summed E-state index contributed by atoms with van der Waals surface area (Å²) in [6, 6.07) is 4.28. The maximum Gasteiger partial charge on any atom is 0.332 e. The van der Waals surface area contributed by atoms with Crippen LogP contribution in [0.5, 0.6) is 5.88 Å². The topological polar surface area (TPSA) is 143 Å². The molecule has 2 amide bonds. The molecule has 0 aliphatic carbocycles. The molecule has 0 spiro atoms. The van der Waals surface area contributed by atoms with Crippen LogP contribution >= 0.6 is 0 Å². The summed E-state index contributed by atoms with van der Waals surface area (Å²) < 4.78 is 13.7. The Kier molecular flexibility index (Phi) is 4.55. The molecule has 0 aliphatic heterocycles. The van der Waals surface area contributed by atoms with Crippen LogP contribution in [0.25, 0.3) is 0 Å². The average molecular weight is 321 g/mol. The summed E-state index contributed by atoms with van der Waals surface area (Å²) in [5.74, 6) is -1.10. The lowest BCUT2D eigenvalue weighted by molar-refractivity contribution is 0.249. The van der Waals surface area contributed by atoms with E-state index in [1.807, 2.05) is 10.4 Å². The molecule has 2 rings (SSSR count). The molecule has 10 heteroatoms. The van der Waals surface area contributed by atoms with Gasteiger partial charge >= 0.3 is 11.7 Å². The zero-order chi connectivity index (χ0) is 17.0. The number of carbonyl (C=O) groups excluding carboxylic acids is 1. The number of primary amides is 1. The van der Waals surface area contributed by atoms with Crippen LogP contribution < -0.4 is 22.4 Å². The van der Waals surface area contributed by atoms with E-state index in [1.54, 1.807) is 0 Å². The van der Waals surface area contributed by atoms with Gasteiger partial charge in [-0.2, -0.15) is 5.10 Å². The van der Waals surface area contributed by atoms with Gasteiger partial charge in [-0.3, -0.25) is 14.3 Å². The number of benzene rings is 1. The van der Waals surface area contributed by atoms with E-state index in [1.165, 1.54) is 24.3 Å². The van der Waals surface area contributed by atoms with Crippen molar-refractivity contribution in [3.8, 4) is 5.88 Å². The summed E-state index contributed by atoms with van der Waals surface area (Å²) in [7, 11) is 0. The number of hydrazone groups is 1. The summed E-state index contributed by atoms with van der Waals surface area (Å²) in [5.41, 5.74) is 5.09. The van der Waals surface area contributed by atoms with E-state index in [0.29, 0.717) is 5.56 Å². The van der Waals surface area contributed by atoms with Crippen molar-refractivity contribution < 1.29 is 14.3 Å². The zero-order valence-electron chi connectivity index (χ0n) is 11.6. The molecule has 0 aliphatic rings. The van der Waals surface area contributed by atoms with E-state index < -0.39 is 29.0 Å². The number of aromatic hydroxyl groups is 1. The van der Waals surface area contributed by atoms with E-state index in [0.717, 1.165) is 10.8 Å². The Hall–Kier alpha value is -3.43. The first-order chi connectivity index (χ1) is 10.9. The number of H-pyrrole nitrogens is 1. The van der Waals surface area contributed by atoms with Crippen LogP contribution in [0.1, 0.15) is 11.1 Å². The Labute approximate surface area is 127 Å². The van der Waals surface area contributed by atoms with Crippen molar-refractivity contribution >= 4 is 12.2 Å². The van der Waals surface area contributed by atoms with Gasteiger partial charge in [-0.05, 0) is 17.7 Å². The van der Waals surface area contributed by atoms with E-state index in [-0.39, 0.29) is 12.1 Å². The van der Waals surface area contributed by atoms with Gasteiger partial charge in [0, 0.05) is 0 Å². The Morgan fingerprint density at radius 3 is 2.65 bits per heavy atom. The maximum atomic E-state index is 12.9. The largest absolute Gasteiger partial charge is 0.494 e. The second kappa shape index (κ2) is 6.56. The molecule has 0 atom stereocenters. The molecule has 0 unspecified atom stereocenters. The highest BCUT2D eigenvalue weighted by Crippen LogP contribution is 2.11. The quantitative estimate of drug-likeness (QED) is 0.442. The molecule has 120 valence electrons. The van der Waals surface area contributed by atoms with Crippen molar-refractivity contribution in [1.82, 2.24) is 15.0 Å². The molecule has 1 aromatic heterocycles. The molecule has 0 bridgehead atoms. The monoisotopic (exact) mass is 321 g/mol. The van der Waals surface area contributed by atoms with Gasteiger partial charge < -0.3 is 10.8 Å². The van der Waals surface area contributed by atoms with Gasteiger partial charge in [-0.1, -0.05) is 12.1 Å². The number of urea groups is 1. The number of nitrogens with two attached hydrogens (primary N) is 1. The molecule has 0 saturated carbocycles. The Morgan fingerprint density at radius 2 is 2.04 bits per heavy atom. The van der Waals surface area contributed by atoms with E-state index in [2.05, 4.69) is 5.10 Å². The van der Waals surface area contributed by atoms with Gasteiger partial charge in [0.05, 0.1) is 12.8 Å². The van der Waals surface area contributed by atoms with Crippen molar-refractivity contribution in [3.63, 3.8) is 0 Å². The van der Waals surface area contributed by atoms with Crippen molar-refractivity contribution in [1.29, 1.82) is 0 Å². The molecule has 1 heterocycles. The van der Waals surface area contributed by atoms with Gasteiger partial charge in [0.1, 0.15) is 11.4 Å². The van der Waals surface area contributed by atoms with Crippen molar-refractivity contribution in [2.75, 3.05) is 0 Å². The summed E-state index contributed by atoms with van der Waals surface area (Å²) in [5, 5.41) is 13.4. The number of halogens is 1. The fraction of sp³-hybridized carbons (Fsp3) is 0.0769. The van der Waals surface area contributed by atoms with Crippen LogP contribution in [0.15, 0.2) is 39.0 Å². The first-order valence-corrected chi connectivity index (χ1v) is 6.27. The van der Waals surface area contributed by atoms with Crippen molar-refractivity contribution in [2.45, 2.75) is 6.54 Å². The summed E-state index contributed by atoms with van der Waals surface area (Å²) in [6.45, 7) is -0.105. The average Bonchev–Trinajstić information content (AvgIpc) is 2.48. The number of aromatic amines is 1. The molecule has 0 radical (unpaired) electrons. The van der Waals surface area contributed by atoms with Gasteiger partial charge in [0.25, 0.3) is 5.56 Å². The number of amides is 2. The van der Waals surface area contributed by atoms with Crippen LogP contribution in [0.3, 0.4) is 0 Å². The number of rotatable bonds is 4. The van der Waals surface area contributed by atoms with E-state index in [4.69, 9.17) is 5.73 Å². The normalized spacial score (nSPS) is 10.8. The number of nitrogens with one attached hydrogen (secondary N) is 2. The first kappa shape index (κ1) is 15.9. The predicted molar refractivity (Wildman–Crippen MR) is 78.8 cm³/mol. The lowest BCUT2D eigenvalue weighted by atomic mass is 10.2. The minimum absolute atomic E-state index is 0.105. The third kappa shape index (κ3) is 3.81. The number of nitrogens with zero attached hydrogens (tertiary/aromatic N) is 2. The molecule has 0 fully saturated rings. The van der Waals surface area contributed by atoms with Crippen LogP contribution in [0, 0.1) is 5.82 Å². The first-order valence-electron chi connectivity index (χ1n) is 6.27. The highest BCUT2D eigenvalue weighted by molar-refractivity contribution is 5.83. The minimum atomic E-state index is -0.961. The lowest BCUT2D eigenvalue weighted by Crippen LogP contribution is -2.33. The third-order valence-electron chi connectivity index (χ3n) is 2.83. The van der Waals surface area contributed by atoms with E-state index in [9.17, 15) is 23.9 Å². The third-order valence-corrected chi connectivity index (χ3v) is 2.83. The Bertz CT molecular complexity index is 869. The SMILES string of the molecule is NC(=O)NN=Cc1c(O)n(Cc2ccc(F)cc2)c(=O)[nH]c1=O. The molecular formula is C13H12FN5O4. The molecule has 1 aromatic carbocycles. The Balaban J connectivity index is 2.41. The second-order valence-corrected chi connectivity index (χ2v) is 4.44. The predicted octanol–water partition coefficient (Wildman–Crippen LogP) is -0.568. The van der Waals surface area contributed by atoms with E-state index >= 15 is 0 Å². The van der Waals surface area contributed by atoms with Crippen molar-refractivity contribution in [3.05, 3.63) is 62.0 Å². The van der Waals surface area contributed by atoms with Gasteiger partial charge in [0.15, 0.2) is 0 Å².